The third-order valence-corrected chi connectivity index (χ3v) is 5.96. The molecule has 35 heavy (non-hydrogen) atoms. The van der Waals surface area contributed by atoms with Crippen LogP contribution in [0, 0.1) is 5.82 Å². The number of amides is 1. The molecular weight excluding hydrogens is 469 g/mol. The normalized spacial score (nSPS) is 10.8. The summed E-state index contributed by atoms with van der Waals surface area (Å²) in [7, 11) is 0. The molecule has 0 fully saturated rings. The van der Waals surface area contributed by atoms with Crippen molar-refractivity contribution in [2.24, 2.45) is 0 Å². The van der Waals surface area contributed by atoms with Gasteiger partial charge in [0.05, 0.1) is 29.9 Å². The van der Waals surface area contributed by atoms with Crippen LogP contribution in [-0.4, -0.2) is 40.4 Å². The van der Waals surface area contributed by atoms with Crippen LogP contribution in [0.5, 0.6) is 5.75 Å². The van der Waals surface area contributed by atoms with E-state index in [2.05, 4.69) is 10.3 Å². The molecule has 0 aliphatic heterocycles. The van der Waals surface area contributed by atoms with Crippen molar-refractivity contribution in [2.75, 3.05) is 24.3 Å². The maximum Gasteiger partial charge on any atom is 0.316 e. The van der Waals surface area contributed by atoms with Crippen molar-refractivity contribution < 1.29 is 23.5 Å². The van der Waals surface area contributed by atoms with E-state index in [0.29, 0.717) is 29.7 Å². The summed E-state index contributed by atoms with van der Waals surface area (Å²) in [5.74, 6) is -0.566. The van der Waals surface area contributed by atoms with Crippen LogP contribution in [0.25, 0.3) is 11.0 Å². The molecule has 180 valence electrons. The van der Waals surface area contributed by atoms with Crippen LogP contribution in [-0.2, 0) is 20.9 Å². The number of ether oxygens (including phenoxy) is 2. The van der Waals surface area contributed by atoms with Gasteiger partial charge in [0.25, 0.3) is 5.91 Å². The Balaban J connectivity index is 1.33. The maximum atomic E-state index is 13.3. The van der Waals surface area contributed by atoms with Crippen molar-refractivity contribution in [2.45, 2.75) is 18.6 Å². The summed E-state index contributed by atoms with van der Waals surface area (Å²) in [6.07, 6.45) is 0. The van der Waals surface area contributed by atoms with Gasteiger partial charge in [0.2, 0.25) is 0 Å². The fraction of sp³-hybridized carbons (Fsp3) is 0.192. The summed E-state index contributed by atoms with van der Waals surface area (Å²) >= 11 is 1.22. The number of halogens is 1. The van der Waals surface area contributed by atoms with Crippen LogP contribution in [0.15, 0.2) is 78.0 Å². The highest BCUT2D eigenvalue weighted by atomic mass is 32.2. The summed E-state index contributed by atoms with van der Waals surface area (Å²) in [6.45, 7) is 2.53. The summed E-state index contributed by atoms with van der Waals surface area (Å²) in [5.41, 5.74) is 3.19. The third-order valence-electron chi connectivity index (χ3n) is 5.01. The lowest BCUT2D eigenvalue weighted by Crippen LogP contribution is -2.21. The lowest BCUT2D eigenvalue weighted by Gasteiger charge is -2.10. The number of thioether (sulfide) groups is 1. The molecule has 0 bridgehead atoms. The minimum Gasteiger partial charge on any atom is -0.494 e. The second-order valence-electron chi connectivity index (χ2n) is 7.55. The number of benzene rings is 3. The number of para-hydroxylation sites is 2. The Hall–Kier alpha value is -3.85. The summed E-state index contributed by atoms with van der Waals surface area (Å²) < 4.78 is 25.8. The highest BCUT2D eigenvalue weighted by molar-refractivity contribution is 7.99. The number of hydrogen-bond donors (Lipinski definition) is 1. The molecule has 0 spiro atoms. The minimum atomic E-state index is -0.530. The molecular formula is C26H24FN3O4S. The largest absolute Gasteiger partial charge is 0.494 e. The number of imidazole rings is 1. The lowest BCUT2D eigenvalue weighted by atomic mass is 10.2. The second kappa shape index (κ2) is 11.5. The standard InChI is InChI=1S/C26H24FN3O4S/c1-2-33-21-13-11-20(12-14-21)28-24(31)16-34-25(32)17-35-26-29-22-5-3-4-6-23(22)30(26)15-18-7-9-19(27)10-8-18/h3-14H,2,15-17H2,1H3,(H,28,31). The number of carbonyl (C=O) groups excluding carboxylic acids is 2. The Morgan fingerprint density at radius 1 is 1.03 bits per heavy atom. The molecule has 0 unspecified atom stereocenters. The first-order valence-electron chi connectivity index (χ1n) is 11.0. The van der Waals surface area contributed by atoms with Gasteiger partial charge in [0, 0.05) is 5.69 Å². The van der Waals surface area contributed by atoms with E-state index in [1.807, 2.05) is 35.8 Å². The van der Waals surface area contributed by atoms with Gasteiger partial charge in [-0.3, -0.25) is 9.59 Å². The van der Waals surface area contributed by atoms with Crippen LogP contribution in [0.2, 0.25) is 0 Å². The number of esters is 1. The van der Waals surface area contributed by atoms with Crippen molar-refractivity contribution >= 4 is 40.4 Å². The summed E-state index contributed by atoms with van der Waals surface area (Å²) in [4.78, 5) is 29.0. The van der Waals surface area contributed by atoms with Gasteiger partial charge in [0.15, 0.2) is 11.8 Å². The molecule has 0 saturated carbocycles. The molecule has 1 heterocycles. The van der Waals surface area contributed by atoms with E-state index < -0.39 is 18.5 Å². The number of rotatable bonds is 10. The smallest absolute Gasteiger partial charge is 0.316 e. The van der Waals surface area contributed by atoms with Gasteiger partial charge in [-0.05, 0) is 61.0 Å². The number of fused-ring (bicyclic) bond motifs is 1. The van der Waals surface area contributed by atoms with Gasteiger partial charge in [-0.25, -0.2) is 9.37 Å². The van der Waals surface area contributed by atoms with Gasteiger partial charge < -0.3 is 19.4 Å². The van der Waals surface area contributed by atoms with Crippen LogP contribution < -0.4 is 10.1 Å². The Kier molecular flexibility index (Phi) is 7.99. The van der Waals surface area contributed by atoms with Crippen LogP contribution >= 0.6 is 11.8 Å². The van der Waals surface area contributed by atoms with Gasteiger partial charge in [-0.2, -0.15) is 0 Å². The van der Waals surface area contributed by atoms with Gasteiger partial charge in [0.1, 0.15) is 11.6 Å². The highest BCUT2D eigenvalue weighted by Gasteiger charge is 2.15. The number of hydrogen-bond acceptors (Lipinski definition) is 6. The fourth-order valence-electron chi connectivity index (χ4n) is 3.40. The highest BCUT2D eigenvalue weighted by Crippen LogP contribution is 2.25. The monoisotopic (exact) mass is 493 g/mol. The number of anilines is 1. The Labute approximate surface area is 206 Å². The molecule has 0 aliphatic carbocycles. The molecule has 1 amide bonds. The average Bonchev–Trinajstić information content (AvgIpc) is 3.21. The van der Waals surface area contributed by atoms with Gasteiger partial charge in [-0.15, -0.1) is 0 Å². The lowest BCUT2D eigenvalue weighted by molar-refractivity contribution is -0.144. The molecule has 9 heteroatoms. The van der Waals surface area contributed by atoms with E-state index in [1.54, 1.807) is 36.4 Å². The van der Waals surface area contributed by atoms with E-state index >= 15 is 0 Å². The van der Waals surface area contributed by atoms with Crippen LogP contribution in [0.3, 0.4) is 0 Å². The Morgan fingerprint density at radius 2 is 1.77 bits per heavy atom. The quantitative estimate of drug-likeness (QED) is 0.250. The van der Waals surface area contributed by atoms with Crippen molar-refractivity contribution in [1.82, 2.24) is 9.55 Å². The average molecular weight is 494 g/mol. The molecule has 4 aromatic rings. The molecule has 0 atom stereocenters. The van der Waals surface area contributed by atoms with Crippen molar-refractivity contribution in [3.63, 3.8) is 0 Å². The summed E-state index contributed by atoms with van der Waals surface area (Å²) in [5, 5.41) is 3.31. The molecule has 1 aromatic heterocycles. The number of carbonyl (C=O) groups is 2. The van der Waals surface area contributed by atoms with E-state index in [9.17, 15) is 14.0 Å². The molecule has 3 aromatic carbocycles. The van der Waals surface area contributed by atoms with E-state index in [0.717, 1.165) is 16.6 Å². The zero-order chi connectivity index (χ0) is 24.6. The van der Waals surface area contributed by atoms with Crippen molar-refractivity contribution in [1.29, 1.82) is 0 Å². The minimum absolute atomic E-state index is 0.0108. The zero-order valence-electron chi connectivity index (χ0n) is 19.1. The second-order valence-corrected chi connectivity index (χ2v) is 8.49. The topological polar surface area (TPSA) is 82.4 Å². The predicted molar refractivity (Wildman–Crippen MR) is 133 cm³/mol. The van der Waals surface area contributed by atoms with E-state index in [1.165, 1.54) is 23.9 Å². The molecule has 7 nitrogen and oxygen atoms in total. The predicted octanol–water partition coefficient (Wildman–Crippen LogP) is 4.90. The van der Waals surface area contributed by atoms with Crippen LogP contribution in [0.4, 0.5) is 10.1 Å². The van der Waals surface area contributed by atoms with E-state index in [4.69, 9.17) is 9.47 Å². The van der Waals surface area contributed by atoms with Crippen LogP contribution in [0.1, 0.15) is 12.5 Å². The first kappa shape index (κ1) is 24.3. The molecule has 0 aliphatic rings. The third kappa shape index (κ3) is 6.60. The number of nitrogens with zero attached hydrogens (tertiary/aromatic N) is 2. The Morgan fingerprint density at radius 3 is 2.51 bits per heavy atom. The van der Waals surface area contributed by atoms with Crippen molar-refractivity contribution in [3.8, 4) is 5.75 Å². The van der Waals surface area contributed by atoms with Gasteiger partial charge >= 0.3 is 5.97 Å². The molecule has 0 radical (unpaired) electrons. The first-order valence-corrected chi connectivity index (χ1v) is 12.0. The zero-order valence-corrected chi connectivity index (χ0v) is 19.9. The fourth-order valence-corrected chi connectivity index (χ4v) is 4.21. The van der Waals surface area contributed by atoms with Crippen molar-refractivity contribution in [3.05, 3.63) is 84.2 Å². The molecule has 0 saturated heterocycles. The SMILES string of the molecule is CCOc1ccc(NC(=O)COC(=O)CSc2nc3ccccc3n2Cc2ccc(F)cc2)cc1. The first-order chi connectivity index (χ1) is 17.0. The summed E-state index contributed by atoms with van der Waals surface area (Å²) in [6, 6.07) is 20.8. The van der Waals surface area contributed by atoms with Gasteiger partial charge in [-0.1, -0.05) is 36.0 Å². The maximum absolute atomic E-state index is 13.3. The Bertz CT molecular complexity index is 1310. The molecule has 1 N–H and O–H groups in total. The van der Waals surface area contributed by atoms with E-state index in [-0.39, 0.29) is 11.6 Å². The molecule has 4 rings (SSSR count). The number of aromatic nitrogens is 2. The number of nitrogens with one attached hydrogen (secondary N) is 1.